The highest BCUT2D eigenvalue weighted by Gasteiger charge is 2.15. The largest absolute Gasteiger partial charge is 0.397 e. The summed E-state index contributed by atoms with van der Waals surface area (Å²) in [6.45, 7) is 5.46. The lowest BCUT2D eigenvalue weighted by atomic mass is 10.0. The predicted octanol–water partition coefficient (Wildman–Crippen LogP) is 2.82. The maximum atomic E-state index is 6.00. The number of nitrogens with one attached hydrogen (secondary N) is 1. The molecule has 0 saturated heterocycles. The van der Waals surface area contributed by atoms with Crippen LogP contribution in [0.25, 0.3) is 10.9 Å². The first-order chi connectivity index (χ1) is 9.49. The Morgan fingerprint density at radius 2 is 2.00 bits per heavy atom. The average Bonchev–Trinajstić information content (AvgIpc) is 2.38. The number of para-hydroxylation sites is 1. The number of rotatable bonds is 5. The highest BCUT2D eigenvalue weighted by molar-refractivity contribution is 5.97. The Morgan fingerprint density at radius 3 is 2.65 bits per heavy atom. The van der Waals surface area contributed by atoms with Crippen molar-refractivity contribution >= 4 is 22.3 Å². The van der Waals surface area contributed by atoms with Crippen LogP contribution in [0.4, 0.5) is 11.4 Å². The molecule has 108 valence electrons. The van der Waals surface area contributed by atoms with Crippen LogP contribution >= 0.6 is 0 Å². The van der Waals surface area contributed by atoms with Crippen LogP contribution < -0.4 is 11.1 Å². The van der Waals surface area contributed by atoms with Gasteiger partial charge in [0.2, 0.25) is 0 Å². The quantitative estimate of drug-likeness (QED) is 0.822. The molecule has 4 nitrogen and oxygen atoms in total. The molecular weight excluding hydrogens is 248 g/mol. The normalized spacial score (nSPS) is 13.1. The van der Waals surface area contributed by atoms with E-state index >= 15 is 0 Å². The zero-order valence-corrected chi connectivity index (χ0v) is 12.7. The SMILES string of the molecule is CC(C)C(CN(C)C)Nc1ccnc2c(N)cccc12. The number of nitrogens with two attached hydrogens (primary N) is 1. The minimum absolute atomic E-state index is 0.386. The third-order valence-corrected chi connectivity index (χ3v) is 3.51. The van der Waals surface area contributed by atoms with Gasteiger partial charge in [-0.1, -0.05) is 26.0 Å². The second-order valence-electron chi connectivity index (χ2n) is 5.86. The van der Waals surface area contributed by atoms with E-state index in [4.69, 9.17) is 5.73 Å². The summed E-state index contributed by atoms with van der Waals surface area (Å²) < 4.78 is 0. The first-order valence-electron chi connectivity index (χ1n) is 7.03. The van der Waals surface area contributed by atoms with Crippen molar-refractivity contribution in [1.29, 1.82) is 0 Å². The van der Waals surface area contributed by atoms with E-state index in [9.17, 15) is 0 Å². The van der Waals surface area contributed by atoms with Crippen molar-refractivity contribution in [3.05, 3.63) is 30.5 Å². The fraction of sp³-hybridized carbons (Fsp3) is 0.438. The van der Waals surface area contributed by atoms with Crippen LogP contribution in [0.3, 0.4) is 0 Å². The smallest absolute Gasteiger partial charge is 0.0951 e. The van der Waals surface area contributed by atoms with E-state index in [2.05, 4.69) is 49.2 Å². The number of fused-ring (bicyclic) bond motifs is 1. The van der Waals surface area contributed by atoms with Gasteiger partial charge in [0.1, 0.15) is 0 Å². The van der Waals surface area contributed by atoms with Gasteiger partial charge in [0, 0.05) is 29.9 Å². The number of likely N-dealkylation sites (N-methyl/N-ethyl adjacent to an activating group) is 1. The molecule has 0 aliphatic rings. The summed E-state index contributed by atoms with van der Waals surface area (Å²) >= 11 is 0. The Bertz CT molecular complexity index is 578. The third kappa shape index (κ3) is 3.20. The molecule has 1 atom stereocenters. The summed E-state index contributed by atoms with van der Waals surface area (Å²) in [6.07, 6.45) is 1.81. The monoisotopic (exact) mass is 272 g/mol. The summed E-state index contributed by atoms with van der Waals surface area (Å²) in [5.41, 5.74) is 8.69. The van der Waals surface area contributed by atoms with E-state index in [-0.39, 0.29) is 0 Å². The van der Waals surface area contributed by atoms with E-state index in [0.717, 1.165) is 28.8 Å². The van der Waals surface area contributed by atoms with Crippen molar-refractivity contribution in [2.45, 2.75) is 19.9 Å². The molecule has 0 saturated carbocycles. The summed E-state index contributed by atoms with van der Waals surface area (Å²) in [5.74, 6) is 0.543. The Kier molecular flexibility index (Phi) is 4.45. The molecule has 0 radical (unpaired) electrons. The molecule has 0 fully saturated rings. The van der Waals surface area contributed by atoms with Crippen molar-refractivity contribution in [3.8, 4) is 0 Å². The Balaban J connectivity index is 2.35. The van der Waals surface area contributed by atoms with Crippen LogP contribution in [0.1, 0.15) is 13.8 Å². The zero-order chi connectivity index (χ0) is 14.7. The number of pyridine rings is 1. The van der Waals surface area contributed by atoms with E-state index < -0.39 is 0 Å². The van der Waals surface area contributed by atoms with E-state index in [1.807, 2.05) is 24.4 Å². The van der Waals surface area contributed by atoms with Crippen molar-refractivity contribution in [2.75, 3.05) is 31.7 Å². The van der Waals surface area contributed by atoms with E-state index in [1.165, 1.54) is 0 Å². The highest BCUT2D eigenvalue weighted by Crippen LogP contribution is 2.26. The second kappa shape index (κ2) is 6.09. The van der Waals surface area contributed by atoms with Gasteiger partial charge in [0.25, 0.3) is 0 Å². The fourth-order valence-corrected chi connectivity index (χ4v) is 2.34. The molecule has 20 heavy (non-hydrogen) atoms. The van der Waals surface area contributed by atoms with Gasteiger partial charge in [-0.25, -0.2) is 0 Å². The summed E-state index contributed by atoms with van der Waals surface area (Å²) in [6, 6.07) is 8.33. The number of hydrogen-bond acceptors (Lipinski definition) is 4. The second-order valence-corrected chi connectivity index (χ2v) is 5.86. The molecule has 1 aromatic heterocycles. The Labute approximate surface area is 121 Å². The maximum absolute atomic E-state index is 6.00. The molecule has 0 aliphatic heterocycles. The van der Waals surface area contributed by atoms with Gasteiger partial charge in [-0.05, 0) is 32.1 Å². The van der Waals surface area contributed by atoms with Crippen LogP contribution in [0.2, 0.25) is 0 Å². The first-order valence-corrected chi connectivity index (χ1v) is 7.03. The van der Waals surface area contributed by atoms with Crippen LogP contribution in [-0.2, 0) is 0 Å². The van der Waals surface area contributed by atoms with Gasteiger partial charge in [0.05, 0.1) is 11.2 Å². The topological polar surface area (TPSA) is 54.2 Å². The minimum atomic E-state index is 0.386. The Morgan fingerprint density at radius 1 is 1.25 bits per heavy atom. The molecule has 1 heterocycles. The van der Waals surface area contributed by atoms with Crippen molar-refractivity contribution < 1.29 is 0 Å². The van der Waals surface area contributed by atoms with Crippen LogP contribution in [-0.4, -0.2) is 36.6 Å². The summed E-state index contributed by atoms with van der Waals surface area (Å²) in [7, 11) is 4.19. The molecule has 2 aromatic rings. The molecule has 0 spiro atoms. The standard InChI is InChI=1S/C16H24N4/c1-11(2)15(10-20(3)4)19-14-8-9-18-16-12(14)6-5-7-13(16)17/h5-9,11,15H,10,17H2,1-4H3,(H,18,19). The number of aromatic nitrogens is 1. The third-order valence-electron chi connectivity index (χ3n) is 3.51. The Hall–Kier alpha value is -1.81. The van der Waals surface area contributed by atoms with Gasteiger partial charge in [-0.2, -0.15) is 0 Å². The lowest BCUT2D eigenvalue weighted by Crippen LogP contribution is -2.36. The summed E-state index contributed by atoms with van der Waals surface area (Å²) in [5, 5.41) is 4.72. The molecular formula is C16H24N4. The van der Waals surface area contributed by atoms with Crippen molar-refractivity contribution in [3.63, 3.8) is 0 Å². The molecule has 4 heteroatoms. The van der Waals surface area contributed by atoms with Gasteiger partial charge in [-0.3, -0.25) is 4.98 Å². The number of nitrogen functional groups attached to an aromatic ring is 1. The zero-order valence-electron chi connectivity index (χ0n) is 12.7. The maximum Gasteiger partial charge on any atom is 0.0951 e. The summed E-state index contributed by atoms with van der Waals surface area (Å²) in [4.78, 5) is 6.58. The van der Waals surface area contributed by atoms with Gasteiger partial charge >= 0.3 is 0 Å². The minimum Gasteiger partial charge on any atom is -0.397 e. The number of nitrogens with zero attached hydrogens (tertiary/aromatic N) is 2. The fourth-order valence-electron chi connectivity index (χ4n) is 2.34. The lowest BCUT2D eigenvalue weighted by molar-refractivity contribution is 0.345. The molecule has 0 aliphatic carbocycles. The average molecular weight is 272 g/mol. The molecule has 2 rings (SSSR count). The van der Waals surface area contributed by atoms with Crippen LogP contribution in [0.5, 0.6) is 0 Å². The first kappa shape index (κ1) is 14.6. The van der Waals surface area contributed by atoms with E-state index in [1.54, 1.807) is 0 Å². The van der Waals surface area contributed by atoms with Gasteiger partial charge < -0.3 is 16.0 Å². The lowest BCUT2D eigenvalue weighted by Gasteiger charge is -2.27. The number of benzene rings is 1. The van der Waals surface area contributed by atoms with Crippen molar-refractivity contribution in [2.24, 2.45) is 5.92 Å². The molecule has 1 unspecified atom stereocenters. The van der Waals surface area contributed by atoms with Crippen molar-refractivity contribution in [1.82, 2.24) is 9.88 Å². The highest BCUT2D eigenvalue weighted by atomic mass is 15.1. The molecule has 1 aromatic carbocycles. The number of hydrogen-bond donors (Lipinski definition) is 2. The predicted molar refractivity (Wildman–Crippen MR) is 87.0 cm³/mol. The number of anilines is 2. The van der Waals surface area contributed by atoms with Crippen LogP contribution in [0, 0.1) is 5.92 Å². The molecule has 0 bridgehead atoms. The molecule has 3 N–H and O–H groups in total. The van der Waals surface area contributed by atoms with Crippen LogP contribution in [0.15, 0.2) is 30.5 Å². The molecule has 0 amide bonds. The van der Waals surface area contributed by atoms with E-state index in [0.29, 0.717) is 12.0 Å². The van der Waals surface area contributed by atoms with Gasteiger partial charge in [0.15, 0.2) is 0 Å². The van der Waals surface area contributed by atoms with Gasteiger partial charge in [-0.15, -0.1) is 0 Å².